The van der Waals surface area contributed by atoms with E-state index in [1.165, 1.54) is 35.3 Å². The third-order valence-corrected chi connectivity index (χ3v) is 3.52. The predicted molar refractivity (Wildman–Crippen MR) is 73.5 cm³/mol. The summed E-state index contributed by atoms with van der Waals surface area (Å²) in [5, 5.41) is 8.78. The molecule has 0 unspecified atom stereocenters. The molecule has 0 aliphatic heterocycles. The molecule has 0 saturated heterocycles. The van der Waals surface area contributed by atoms with Gasteiger partial charge in [-0.25, -0.2) is 9.97 Å². The van der Waals surface area contributed by atoms with E-state index in [0.29, 0.717) is 5.95 Å². The smallest absolute Gasteiger partial charge is 0.238 e. The Kier molecular flexibility index (Phi) is 2.88. The number of aryl methyl sites for hydroxylation is 2. The average Bonchev–Trinajstić information content (AvgIpc) is 2.94. The van der Waals surface area contributed by atoms with Crippen LogP contribution in [-0.2, 0) is 12.8 Å². The summed E-state index contributed by atoms with van der Waals surface area (Å²) >= 11 is 0. The van der Waals surface area contributed by atoms with Crippen molar-refractivity contribution in [1.29, 1.82) is 5.26 Å². The molecule has 0 fully saturated rings. The maximum atomic E-state index is 8.78. The number of hydrogen-bond donors (Lipinski definition) is 0. The normalized spacial score (nSPS) is 12.8. The second kappa shape index (κ2) is 4.69. The van der Waals surface area contributed by atoms with Crippen LogP contribution in [0.3, 0.4) is 0 Å². The number of hydrogen-bond acceptors (Lipinski definition) is 4. The molecule has 0 N–H and O–H groups in total. The van der Waals surface area contributed by atoms with E-state index in [0.717, 1.165) is 11.1 Å². The number of rotatable bonds is 2. The van der Waals surface area contributed by atoms with Crippen molar-refractivity contribution in [2.75, 3.05) is 11.9 Å². The molecule has 0 saturated carbocycles. The molecule has 1 aromatic heterocycles. The van der Waals surface area contributed by atoms with Gasteiger partial charge in [0.15, 0.2) is 6.19 Å². The van der Waals surface area contributed by atoms with Gasteiger partial charge in [-0.1, -0.05) is 18.2 Å². The summed E-state index contributed by atoms with van der Waals surface area (Å²) in [6.07, 6.45) is 9.13. The highest BCUT2D eigenvalue weighted by atomic mass is 15.2. The monoisotopic (exact) mass is 250 g/mol. The molecule has 0 bridgehead atoms. The van der Waals surface area contributed by atoms with Gasteiger partial charge in [-0.3, -0.25) is 4.90 Å². The number of nitriles is 1. The fraction of sp³-hybridized carbons (Fsp3) is 0.267. The molecule has 4 heteroatoms. The van der Waals surface area contributed by atoms with Crippen LogP contribution in [0.5, 0.6) is 0 Å². The molecule has 1 aromatic carbocycles. The Bertz CT molecular complexity index is 640. The van der Waals surface area contributed by atoms with Gasteiger partial charge < -0.3 is 0 Å². The highest BCUT2D eigenvalue weighted by Crippen LogP contribution is 2.27. The average molecular weight is 250 g/mol. The van der Waals surface area contributed by atoms with Crippen LogP contribution >= 0.6 is 0 Å². The summed E-state index contributed by atoms with van der Waals surface area (Å²) in [4.78, 5) is 9.76. The Morgan fingerprint density at radius 1 is 1.11 bits per heavy atom. The number of fused-ring (bicyclic) bond motifs is 1. The first-order valence-electron chi connectivity index (χ1n) is 6.35. The summed E-state index contributed by atoms with van der Waals surface area (Å²) in [6.45, 7) is 0. The van der Waals surface area contributed by atoms with E-state index < -0.39 is 0 Å². The SMILES string of the molecule is CN(C#N)c1ncc(-c2ccc3c(c2)CCC3)cn1. The molecule has 1 aliphatic carbocycles. The van der Waals surface area contributed by atoms with Gasteiger partial charge in [-0.2, -0.15) is 5.26 Å². The molecular formula is C15H14N4. The van der Waals surface area contributed by atoms with Crippen molar-refractivity contribution in [1.82, 2.24) is 9.97 Å². The number of nitrogens with zero attached hydrogens (tertiary/aromatic N) is 4. The van der Waals surface area contributed by atoms with Gasteiger partial charge in [-0.15, -0.1) is 0 Å². The third-order valence-electron chi connectivity index (χ3n) is 3.52. The molecular weight excluding hydrogens is 236 g/mol. The minimum Gasteiger partial charge on any atom is -0.250 e. The van der Waals surface area contributed by atoms with Crippen molar-refractivity contribution in [2.24, 2.45) is 0 Å². The standard InChI is InChI=1S/C15H14N4/c1-19(10-16)15-17-8-14(9-18-15)13-6-5-11-3-2-4-12(11)7-13/h5-9H,2-4H2,1H3. The van der Waals surface area contributed by atoms with Crippen LogP contribution in [0.1, 0.15) is 17.5 Å². The zero-order chi connectivity index (χ0) is 13.2. The van der Waals surface area contributed by atoms with Crippen LogP contribution < -0.4 is 4.90 Å². The van der Waals surface area contributed by atoms with E-state index in [1.54, 1.807) is 19.4 Å². The van der Waals surface area contributed by atoms with E-state index in [4.69, 9.17) is 5.26 Å². The van der Waals surface area contributed by atoms with Crippen molar-refractivity contribution in [3.05, 3.63) is 41.7 Å². The first-order chi connectivity index (χ1) is 9.28. The summed E-state index contributed by atoms with van der Waals surface area (Å²) in [6, 6.07) is 6.55. The van der Waals surface area contributed by atoms with Gasteiger partial charge in [0.1, 0.15) is 0 Å². The molecule has 1 heterocycles. The second-order valence-corrected chi connectivity index (χ2v) is 4.77. The lowest BCUT2D eigenvalue weighted by molar-refractivity contribution is 0.912. The van der Waals surface area contributed by atoms with Crippen LogP contribution in [-0.4, -0.2) is 17.0 Å². The lowest BCUT2D eigenvalue weighted by Crippen LogP contribution is -2.11. The maximum absolute atomic E-state index is 8.78. The van der Waals surface area contributed by atoms with Crippen molar-refractivity contribution >= 4 is 5.95 Å². The van der Waals surface area contributed by atoms with Crippen molar-refractivity contribution < 1.29 is 0 Å². The van der Waals surface area contributed by atoms with Crippen LogP contribution in [0.25, 0.3) is 11.1 Å². The minimum absolute atomic E-state index is 0.424. The van der Waals surface area contributed by atoms with E-state index in [2.05, 4.69) is 28.2 Å². The highest BCUT2D eigenvalue weighted by molar-refractivity contribution is 5.64. The molecule has 2 aromatic rings. The van der Waals surface area contributed by atoms with E-state index in [1.807, 2.05) is 6.19 Å². The maximum Gasteiger partial charge on any atom is 0.238 e. The summed E-state index contributed by atoms with van der Waals surface area (Å²) in [7, 11) is 1.64. The summed E-state index contributed by atoms with van der Waals surface area (Å²) in [5.41, 5.74) is 5.04. The van der Waals surface area contributed by atoms with E-state index >= 15 is 0 Å². The molecule has 0 amide bonds. The minimum atomic E-state index is 0.424. The Morgan fingerprint density at radius 2 is 1.84 bits per heavy atom. The van der Waals surface area contributed by atoms with E-state index in [9.17, 15) is 0 Å². The molecule has 1 aliphatic rings. The van der Waals surface area contributed by atoms with Crippen LogP contribution in [0.15, 0.2) is 30.6 Å². The molecule has 19 heavy (non-hydrogen) atoms. The number of aromatic nitrogens is 2. The number of anilines is 1. The van der Waals surface area contributed by atoms with Crippen molar-refractivity contribution in [2.45, 2.75) is 19.3 Å². The zero-order valence-electron chi connectivity index (χ0n) is 10.8. The van der Waals surface area contributed by atoms with Gasteiger partial charge in [0.25, 0.3) is 0 Å². The topological polar surface area (TPSA) is 52.8 Å². The van der Waals surface area contributed by atoms with E-state index in [-0.39, 0.29) is 0 Å². The van der Waals surface area contributed by atoms with Gasteiger partial charge in [0.2, 0.25) is 5.95 Å². The largest absolute Gasteiger partial charge is 0.250 e. The fourth-order valence-corrected chi connectivity index (χ4v) is 2.44. The van der Waals surface area contributed by atoms with Gasteiger partial charge >= 0.3 is 0 Å². The summed E-state index contributed by atoms with van der Waals surface area (Å²) in [5.74, 6) is 0.424. The third kappa shape index (κ3) is 2.15. The first-order valence-corrected chi connectivity index (χ1v) is 6.35. The lowest BCUT2D eigenvalue weighted by atomic mass is 10.0. The Morgan fingerprint density at radius 3 is 2.58 bits per heavy atom. The van der Waals surface area contributed by atoms with Crippen LogP contribution in [0.4, 0.5) is 5.95 Å². The van der Waals surface area contributed by atoms with Gasteiger partial charge in [0, 0.05) is 25.0 Å². The zero-order valence-corrected chi connectivity index (χ0v) is 10.8. The molecule has 3 rings (SSSR count). The molecule has 4 nitrogen and oxygen atoms in total. The number of benzene rings is 1. The Balaban J connectivity index is 1.92. The van der Waals surface area contributed by atoms with Gasteiger partial charge in [-0.05, 0) is 36.0 Å². The van der Waals surface area contributed by atoms with Crippen molar-refractivity contribution in [3.63, 3.8) is 0 Å². The van der Waals surface area contributed by atoms with Gasteiger partial charge in [0.05, 0.1) is 0 Å². The molecule has 0 atom stereocenters. The molecule has 94 valence electrons. The quantitative estimate of drug-likeness (QED) is 0.607. The Hall–Kier alpha value is -2.41. The van der Waals surface area contributed by atoms with Crippen LogP contribution in [0.2, 0.25) is 0 Å². The summed E-state index contributed by atoms with van der Waals surface area (Å²) < 4.78 is 0. The lowest BCUT2D eigenvalue weighted by Gasteiger charge is -2.08. The molecule has 0 spiro atoms. The van der Waals surface area contributed by atoms with Crippen LogP contribution in [0, 0.1) is 11.5 Å². The Labute approximate surface area is 112 Å². The van der Waals surface area contributed by atoms with Crippen molar-refractivity contribution in [3.8, 4) is 17.3 Å². The predicted octanol–water partition coefficient (Wildman–Crippen LogP) is 2.55. The highest BCUT2D eigenvalue weighted by Gasteiger charge is 2.12. The first kappa shape index (κ1) is 11.7. The second-order valence-electron chi connectivity index (χ2n) is 4.77. The molecule has 0 radical (unpaired) electrons. The fourth-order valence-electron chi connectivity index (χ4n) is 2.44.